The molecule has 0 aromatic heterocycles. The third-order valence-corrected chi connectivity index (χ3v) is 2.55. The SMILES string of the molecule is CNCCOCCOCC(=O)NCCOCCCOCC(C)=O. The van der Waals surface area contributed by atoms with E-state index < -0.39 is 0 Å². The minimum Gasteiger partial charge on any atom is -0.380 e. The smallest absolute Gasteiger partial charge is 0.246 e. The van der Waals surface area contributed by atoms with Gasteiger partial charge in [-0.2, -0.15) is 0 Å². The van der Waals surface area contributed by atoms with Crippen LogP contribution < -0.4 is 10.6 Å². The minimum absolute atomic E-state index is 0.0142. The number of amides is 1. The number of carbonyl (C=O) groups is 2. The monoisotopic (exact) mass is 334 g/mol. The van der Waals surface area contributed by atoms with E-state index in [1.54, 1.807) is 0 Å². The predicted octanol–water partition coefficient (Wildman–Crippen LogP) is -0.632. The summed E-state index contributed by atoms with van der Waals surface area (Å²) in [5, 5.41) is 5.66. The number of carbonyl (C=O) groups excluding carboxylic acids is 2. The molecule has 0 aromatic carbocycles. The Labute approximate surface area is 138 Å². The quantitative estimate of drug-likeness (QED) is 0.342. The number of likely N-dealkylation sites (N-methyl/N-ethyl adjacent to an activating group) is 1. The molecule has 0 unspecified atom stereocenters. The second kappa shape index (κ2) is 17.3. The fourth-order valence-electron chi connectivity index (χ4n) is 1.45. The van der Waals surface area contributed by atoms with Gasteiger partial charge < -0.3 is 29.6 Å². The molecule has 0 saturated carbocycles. The van der Waals surface area contributed by atoms with Crippen LogP contribution >= 0.6 is 0 Å². The fraction of sp³-hybridized carbons (Fsp3) is 0.867. The van der Waals surface area contributed by atoms with Crippen molar-refractivity contribution >= 4 is 11.7 Å². The third kappa shape index (κ3) is 18.9. The first-order chi connectivity index (χ1) is 11.2. The number of nitrogens with one attached hydrogen (secondary N) is 2. The van der Waals surface area contributed by atoms with Crippen LogP contribution in [-0.4, -0.2) is 84.7 Å². The number of rotatable bonds is 17. The van der Waals surface area contributed by atoms with Gasteiger partial charge in [-0.25, -0.2) is 0 Å². The Morgan fingerprint density at radius 2 is 1.39 bits per heavy atom. The van der Waals surface area contributed by atoms with E-state index in [1.165, 1.54) is 6.92 Å². The first-order valence-corrected chi connectivity index (χ1v) is 7.88. The van der Waals surface area contributed by atoms with Crippen molar-refractivity contribution < 1.29 is 28.5 Å². The first kappa shape index (κ1) is 21.9. The summed E-state index contributed by atoms with van der Waals surface area (Å²) in [7, 11) is 1.86. The number of Topliss-reactive ketones (excluding diaryl/α,β-unsaturated/α-hetero) is 1. The summed E-state index contributed by atoms with van der Waals surface area (Å²) >= 11 is 0. The van der Waals surface area contributed by atoms with Crippen LogP contribution in [-0.2, 0) is 28.5 Å². The number of hydrogen-bond donors (Lipinski definition) is 2. The molecule has 0 radical (unpaired) electrons. The van der Waals surface area contributed by atoms with Gasteiger partial charge >= 0.3 is 0 Å². The lowest BCUT2D eigenvalue weighted by Gasteiger charge is -2.08. The minimum atomic E-state index is -0.173. The van der Waals surface area contributed by atoms with E-state index in [0.29, 0.717) is 46.2 Å². The average Bonchev–Trinajstić information content (AvgIpc) is 2.52. The van der Waals surface area contributed by atoms with Crippen molar-refractivity contribution in [2.24, 2.45) is 0 Å². The maximum absolute atomic E-state index is 11.4. The standard InChI is InChI=1S/C15H30N2O6/c1-14(18)12-22-7-3-6-20-9-5-17-15(19)13-23-11-10-21-8-4-16-2/h16H,3-13H2,1-2H3,(H,17,19). The summed E-state index contributed by atoms with van der Waals surface area (Å²) in [6, 6.07) is 0. The Bertz CT molecular complexity index is 302. The lowest BCUT2D eigenvalue weighted by atomic mass is 10.4. The Balaban J connectivity index is 3.17. The largest absolute Gasteiger partial charge is 0.380 e. The number of ether oxygens (including phenoxy) is 4. The zero-order valence-electron chi connectivity index (χ0n) is 14.2. The predicted molar refractivity (Wildman–Crippen MR) is 85.5 cm³/mol. The van der Waals surface area contributed by atoms with Crippen molar-refractivity contribution in [1.29, 1.82) is 0 Å². The average molecular weight is 334 g/mol. The van der Waals surface area contributed by atoms with Gasteiger partial charge in [0.1, 0.15) is 13.2 Å². The summed E-state index contributed by atoms with van der Waals surface area (Å²) in [4.78, 5) is 22.0. The second-order valence-electron chi connectivity index (χ2n) is 4.84. The number of hydrogen-bond acceptors (Lipinski definition) is 7. The van der Waals surface area contributed by atoms with Gasteiger partial charge in [0.25, 0.3) is 0 Å². The van der Waals surface area contributed by atoms with Crippen LogP contribution in [0.1, 0.15) is 13.3 Å². The molecule has 23 heavy (non-hydrogen) atoms. The summed E-state index contributed by atoms with van der Waals surface area (Å²) in [5.74, 6) is -0.158. The number of ketones is 1. The molecule has 0 rings (SSSR count). The molecular weight excluding hydrogens is 304 g/mol. The molecule has 0 heterocycles. The van der Waals surface area contributed by atoms with Gasteiger partial charge in [0.15, 0.2) is 5.78 Å². The van der Waals surface area contributed by atoms with E-state index in [9.17, 15) is 9.59 Å². The zero-order valence-corrected chi connectivity index (χ0v) is 14.2. The summed E-state index contributed by atoms with van der Waals surface area (Å²) in [6.45, 7) is 5.86. The molecule has 0 spiro atoms. The second-order valence-corrected chi connectivity index (χ2v) is 4.84. The van der Waals surface area contributed by atoms with E-state index in [2.05, 4.69) is 10.6 Å². The third-order valence-electron chi connectivity index (χ3n) is 2.55. The molecule has 0 atom stereocenters. The maximum atomic E-state index is 11.4. The molecule has 0 saturated heterocycles. The highest BCUT2D eigenvalue weighted by Crippen LogP contribution is 1.86. The Morgan fingerprint density at radius 3 is 2.13 bits per heavy atom. The van der Waals surface area contributed by atoms with Gasteiger partial charge in [-0.3, -0.25) is 9.59 Å². The van der Waals surface area contributed by atoms with E-state index in [1.807, 2.05) is 7.05 Å². The van der Waals surface area contributed by atoms with Crippen LogP contribution in [0.5, 0.6) is 0 Å². The van der Waals surface area contributed by atoms with Crippen molar-refractivity contribution in [2.45, 2.75) is 13.3 Å². The molecule has 2 N–H and O–H groups in total. The zero-order chi connectivity index (χ0) is 17.2. The van der Waals surface area contributed by atoms with E-state index in [0.717, 1.165) is 13.0 Å². The van der Waals surface area contributed by atoms with Crippen LogP contribution in [0, 0.1) is 0 Å². The molecule has 0 aliphatic rings. The summed E-state index contributed by atoms with van der Waals surface area (Å²) in [5.41, 5.74) is 0. The molecule has 0 aliphatic heterocycles. The topological polar surface area (TPSA) is 95.1 Å². The maximum Gasteiger partial charge on any atom is 0.246 e. The van der Waals surface area contributed by atoms with Gasteiger partial charge in [-0.05, 0) is 20.4 Å². The molecule has 8 heteroatoms. The van der Waals surface area contributed by atoms with Crippen LogP contribution in [0.15, 0.2) is 0 Å². The highest BCUT2D eigenvalue weighted by atomic mass is 16.5. The lowest BCUT2D eigenvalue weighted by molar-refractivity contribution is -0.126. The molecule has 0 bridgehead atoms. The molecule has 136 valence electrons. The molecule has 0 aromatic rings. The molecular formula is C15H30N2O6. The Morgan fingerprint density at radius 1 is 0.783 bits per heavy atom. The van der Waals surface area contributed by atoms with E-state index in [-0.39, 0.29) is 24.9 Å². The van der Waals surface area contributed by atoms with Crippen LogP contribution in [0.2, 0.25) is 0 Å². The van der Waals surface area contributed by atoms with Gasteiger partial charge in [-0.15, -0.1) is 0 Å². The van der Waals surface area contributed by atoms with Crippen molar-refractivity contribution in [3.8, 4) is 0 Å². The summed E-state index contributed by atoms with van der Waals surface area (Å²) in [6.07, 6.45) is 0.720. The molecule has 8 nitrogen and oxygen atoms in total. The van der Waals surface area contributed by atoms with E-state index in [4.69, 9.17) is 18.9 Å². The first-order valence-electron chi connectivity index (χ1n) is 7.88. The lowest BCUT2D eigenvalue weighted by Crippen LogP contribution is -2.31. The highest BCUT2D eigenvalue weighted by Gasteiger charge is 2.00. The Kier molecular flexibility index (Phi) is 16.5. The molecule has 0 fully saturated rings. The molecule has 1 amide bonds. The van der Waals surface area contributed by atoms with Gasteiger partial charge in [-0.1, -0.05) is 0 Å². The highest BCUT2D eigenvalue weighted by molar-refractivity contribution is 5.77. The van der Waals surface area contributed by atoms with Crippen LogP contribution in [0.3, 0.4) is 0 Å². The van der Waals surface area contributed by atoms with Gasteiger partial charge in [0.05, 0.1) is 26.4 Å². The van der Waals surface area contributed by atoms with Crippen molar-refractivity contribution in [3.05, 3.63) is 0 Å². The van der Waals surface area contributed by atoms with Crippen molar-refractivity contribution in [2.75, 3.05) is 73.0 Å². The van der Waals surface area contributed by atoms with Crippen LogP contribution in [0.25, 0.3) is 0 Å². The van der Waals surface area contributed by atoms with Crippen molar-refractivity contribution in [3.63, 3.8) is 0 Å². The van der Waals surface area contributed by atoms with E-state index >= 15 is 0 Å². The normalized spacial score (nSPS) is 10.7. The Hall–Kier alpha value is -1.06. The van der Waals surface area contributed by atoms with Crippen LogP contribution in [0.4, 0.5) is 0 Å². The van der Waals surface area contributed by atoms with Gasteiger partial charge in [0.2, 0.25) is 5.91 Å². The van der Waals surface area contributed by atoms with Crippen molar-refractivity contribution in [1.82, 2.24) is 10.6 Å². The fourth-order valence-corrected chi connectivity index (χ4v) is 1.45. The summed E-state index contributed by atoms with van der Waals surface area (Å²) < 4.78 is 20.9. The molecule has 0 aliphatic carbocycles. The van der Waals surface area contributed by atoms with Gasteiger partial charge in [0, 0.05) is 26.3 Å².